The molecule has 0 atom stereocenters. The number of halogens is 2. The van der Waals surface area contributed by atoms with Gasteiger partial charge in [-0.3, -0.25) is 4.79 Å². The first kappa shape index (κ1) is 15.2. The summed E-state index contributed by atoms with van der Waals surface area (Å²) >= 11 is 1.31. The second-order valence-electron chi connectivity index (χ2n) is 3.91. The molecule has 2 rings (SSSR count). The first-order valence-electron chi connectivity index (χ1n) is 6.02. The number of carbonyl (C=O) groups is 1. The van der Waals surface area contributed by atoms with Crippen LogP contribution in [0.25, 0.3) is 0 Å². The Morgan fingerprint density at radius 2 is 2.00 bits per heavy atom. The van der Waals surface area contributed by atoms with E-state index >= 15 is 0 Å². The molecule has 1 aromatic carbocycles. The fourth-order valence-corrected chi connectivity index (χ4v) is 2.15. The first-order chi connectivity index (χ1) is 10.1. The molecule has 0 saturated carbocycles. The van der Waals surface area contributed by atoms with Crippen LogP contribution in [0.3, 0.4) is 0 Å². The number of carbonyl (C=O) groups excluding carboxylic acids is 1. The molecule has 1 heterocycles. The highest BCUT2D eigenvalue weighted by atomic mass is 32.2. The number of nitrogens with one attached hydrogen (secondary N) is 1. The van der Waals surface area contributed by atoms with Crippen molar-refractivity contribution in [2.45, 2.75) is 11.6 Å². The molecule has 1 amide bonds. The van der Waals surface area contributed by atoms with E-state index in [2.05, 4.69) is 15.0 Å². The molecule has 0 unspecified atom stereocenters. The van der Waals surface area contributed by atoms with E-state index in [0.717, 1.165) is 5.03 Å². The SMILES string of the molecule is O=C(CSc1ccccn1)Nc1ccc(OC(F)F)cc1. The van der Waals surface area contributed by atoms with Crippen molar-refractivity contribution in [1.29, 1.82) is 0 Å². The Bertz CT molecular complexity index is 579. The number of anilines is 1. The average molecular weight is 310 g/mol. The van der Waals surface area contributed by atoms with Gasteiger partial charge in [-0.25, -0.2) is 4.98 Å². The molecule has 0 aliphatic carbocycles. The van der Waals surface area contributed by atoms with Gasteiger partial charge < -0.3 is 10.1 Å². The fraction of sp³-hybridized carbons (Fsp3) is 0.143. The summed E-state index contributed by atoms with van der Waals surface area (Å²) in [4.78, 5) is 15.8. The van der Waals surface area contributed by atoms with Gasteiger partial charge in [-0.05, 0) is 36.4 Å². The van der Waals surface area contributed by atoms with Gasteiger partial charge in [0, 0.05) is 11.9 Å². The Hall–Kier alpha value is -2.15. The summed E-state index contributed by atoms with van der Waals surface area (Å²) in [6.45, 7) is -2.86. The normalized spacial score (nSPS) is 10.4. The van der Waals surface area contributed by atoms with E-state index < -0.39 is 6.61 Å². The third-order valence-electron chi connectivity index (χ3n) is 2.35. The number of hydrogen-bond acceptors (Lipinski definition) is 4. The lowest BCUT2D eigenvalue weighted by atomic mass is 10.3. The molecule has 110 valence electrons. The van der Waals surface area contributed by atoms with Gasteiger partial charge in [0.15, 0.2) is 0 Å². The largest absolute Gasteiger partial charge is 0.435 e. The summed E-state index contributed by atoms with van der Waals surface area (Å²) in [5.41, 5.74) is 0.517. The molecule has 0 saturated heterocycles. The third kappa shape index (κ3) is 5.39. The number of alkyl halides is 2. The molecule has 0 aliphatic heterocycles. The van der Waals surface area contributed by atoms with E-state index in [0.29, 0.717) is 5.69 Å². The summed E-state index contributed by atoms with van der Waals surface area (Å²) < 4.78 is 28.2. The number of nitrogens with zero attached hydrogens (tertiary/aromatic N) is 1. The zero-order valence-electron chi connectivity index (χ0n) is 10.8. The Morgan fingerprint density at radius 1 is 1.24 bits per heavy atom. The number of pyridine rings is 1. The minimum atomic E-state index is -2.86. The van der Waals surface area contributed by atoms with Crippen LogP contribution in [0, 0.1) is 0 Å². The second kappa shape index (κ2) is 7.58. The molecule has 7 heteroatoms. The Balaban J connectivity index is 1.82. The maximum absolute atomic E-state index is 12.0. The van der Waals surface area contributed by atoms with Crippen LogP contribution in [0.5, 0.6) is 5.75 Å². The third-order valence-corrected chi connectivity index (χ3v) is 3.30. The van der Waals surface area contributed by atoms with E-state index in [1.165, 1.54) is 36.0 Å². The molecule has 0 radical (unpaired) electrons. The lowest BCUT2D eigenvalue weighted by Crippen LogP contribution is -2.14. The van der Waals surface area contributed by atoms with Gasteiger partial charge in [-0.2, -0.15) is 8.78 Å². The van der Waals surface area contributed by atoms with Crippen molar-refractivity contribution in [3.8, 4) is 5.75 Å². The van der Waals surface area contributed by atoms with Crippen molar-refractivity contribution in [2.75, 3.05) is 11.1 Å². The van der Waals surface area contributed by atoms with E-state index in [1.807, 2.05) is 12.1 Å². The minimum Gasteiger partial charge on any atom is -0.435 e. The standard InChI is InChI=1S/C14H12F2N2O2S/c15-14(16)20-11-6-4-10(5-7-11)18-12(19)9-21-13-3-1-2-8-17-13/h1-8,14H,9H2,(H,18,19). The maximum Gasteiger partial charge on any atom is 0.387 e. The van der Waals surface area contributed by atoms with Crippen LogP contribution in [0.1, 0.15) is 0 Å². The lowest BCUT2D eigenvalue weighted by Gasteiger charge is -2.07. The number of thioether (sulfide) groups is 1. The highest BCUT2D eigenvalue weighted by molar-refractivity contribution is 7.99. The molecule has 1 N–H and O–H groups in total. The molecule has 0 aliphatic rings. The van der Waals surface area contributed by atoms with Crippen LogP contribution < -0.4 is 10.1 Å². The van der Waals surface area contributed by atoms with Crippen LogP contribution in [-0.2, 0) is 4.79 Å². The van der Waals surface area contributed by atoms with Gasteiger partial charge in [0.2, 0.25) is 5.91 Å². The van der Waals surface area contributed by atoms with E-state index in [-0.39, 0.29) is 17.4 Å². The van der Waals surface area contributed by atoms with Crippen molar-refractivity contribution in [2.24, 2.45) is 0 Å². The number of ether oxygens (including phenoxy) is 1. The van der Waals surface area contributed by atoms with Crippen LogP contribution >= 0.6 is 11.8 Å². The molecule has 2 aromatic rings. The smallest absolute Gasteiger partial charge is 0.387 e. The molecule has 0 bridgehead atoms. The summed E-state index contributed by atoms with van der Waals surface area (Å²) in [6.07, 6.45) is 1.65. The van der Waals surface area contributed by atoms with Crippen LogP contribution in [0.2, 0.25) is 0 Å². The van der Waals surface area contributed by atoms with Crippen molar-refractivity contribution in [3.05, 3.63) is 48.7 Å². The van der Waals surface area contributed by atoms with Gasteiger partial charge in [0.1, 0.15) is 5.75 Å². The number of amides is 1. The molecule has 0 fully saturated rings. The van der Waals surface area contributed by atoms with Crippen LogP contribution in [-0.4, -0.2) is 23.3 Å². The molecule has 0 spiro atoms. The highest BCUT2D eigenvalue weighted by Crippen LogP contribution is 2.19. The minimum absolute atomic E-state index is 0.0471. The zero-order valence-corrected chi connectivity index (χ0v) is 11.6. The summed E-state index contributed by atoms with van der Waals surface area (Å²) in [7, 11) is 0. The molecule has 1 aromatic heterocycles. The van der Waals surface area contributed by atoms with Gasteiger partial charge in [0.25, 0.3) is 0 Å². The number of rotatable bonds is 6. The lowest BCUT2D eigenvalue weighted by molar-refractivity contribution is -0.113. The quantitative estimate of drug-likeness (QED) is 0.831. The predicted octanol–water partition coefficient (Wildman–Crippen LogP) is 3.41. The van der Waals surface area contributed by atoms with E-state index in [1.54, 1.807) is 12.3 Å². The molecule has 4 nitrogen and oxygen atoms in total. The van der Waals surface area contributed by atoms with Crippen LogP contribution in [0.15, 0.2) is 53.7 Å². The zero-order chi connectivity index (χ0) is 15.1. The van der Waals surface area contributed by atoms with Gasteiger partial charge in [-0.15, -0.1) is 0 Å². The van der Waals surface area contributed by atoms with Crippen LogP contribution in [0.4, 0.5) is 14.5 Å². The second-order valence-corrected chi connectivity index (χ2v) is 4.90. The van der Waals surface area contributed by atoms with E-state index in [4.69, 9.17) is 0 Å². The van der Waals surface area contributed by atoms with E-state index in [9.17, 15) is 13.6 Å². The summed E-state index contributed by atoms with van der Waals surface area (Å²) in [6, 6.07) is 11.2. The number of benzene rings is 1. The average Bonchev–Trinajstić information content (AvgIpc) is 2.48. The fourth-order valence-electron chi connectivity index (χ4n) is 1.49. The first-order valence-corrected chi connectivity index (χ1v) is 7.00. The molecular formula is C14H12F2N2O2S. The van der Waals surface area contributed by atoms with Crippen molar-refractivity contribution in [3.63, 3.8) is 0 Å². The Kier molecular flexibility index (Phi) is 5.51. The molecule has 21 heavy (non-hydrogen) atoms. The van der Waals surface area contributed by atoms with Crippen molar-refractivity contribution in [1.82, 2.24) is 4.98 Å². The predicted molar refractivity (Wildman–Crippen MR) is 76.7 cm³/mol. The van der Waals surface area contributed by atoms with Gasteiger partial charge in [0.05, 0.1) is 10.8 Å². The number of hydrogen-bond donors (Lipinski definition) is 1. The monoisotopic (exact) mass is 310 g/mol. The van der Waals surface area contributed by atoms with Gasteiger partial charge >= 0.3 is 6.61 Å². The Morgan fingerprint density at radius 3 is 2.62 bits per heavy atom. The van der Waals surface area contributed by atoms with Crippen molar-refractivity contribution >= 4 is 23.4 Å². The summed E-state index contributed by atoms with van der Waals surface area (Å²) in [5.74, 6) is 0.0609. The topological polar surface area (TPSA) is 51.2 Å². The number of aromatic nitrogens is 1. The Labute approximate surface area is 124 Å². The van der Waals surface area contributed by atoms with Gasteiger partial charge in [-0.1, -0.05) is 17.8 Å². The molecular weight excluding hydrogens is 298 g/mol. The highest BCUT2D eigenvalue weighted by Gasteiger charge is 2.06. The summed E-state index contributed by atoms with van der Waals surface area (Å²) in [5, 5.41) is 3.42. The van der Waals surface area contributed by atoms with Crippen molar-refractivity contribution < 1.29 is 18.3 Å². The maximum atomic E-state index is 12.0.